The van der Waals surface area contributed by atoms with Crippen LogP contribution in [0.25, 0.3) is 10.2 Å². The van der Waals surface area contributed by atoms with Gasteiger partial charge >= 0.3 is 0 Å². The van der Waals surface area contributed by atoms with Gasteiger partial charge in [-0.25, -0.2) is 4.98 Å². The molecule has 0 radical (unpaired) electrons. The minimum Gasteiger partial charge on any atom is -0.356 e. The van der Waals surface area contributed by atoms with E-state index in [1.54, 1.807) is 22.2 Å². The van der Waals surface area contributed by atoms with Crippen LogP contribution >= 0.6 is 11.3 Å². The Hall–Kier alpha value is -1.77. The summed E-state index contributed by atoms with van der Waals surface area (Å²) >= 11 is 1.54. The van der Waals surface area contributed by atoms with Crippen LogP contribution < -0.4 is 10.9 Å². The van der Waals surface area contributed by atoms with E-state index in [4.69, 9.17) is 0 Å². The number of aromatic nitrogens is 2. The molecule has 7 nitrogen and oxygen atoms in total. The van der Waals surface area contributed by atoms with Crippen molar-refractivity contribution in [2.75, 3.05) is 46.3 Å². The van der Waals surface area contributed by atoms with Crippen molar-refractivity contribution in [3.05, 3.63) is 27.1 Å². The predicted molar refractivity (Wildman–Crippen MR) is 114 cm³/mol. The molecule has 1 aliphatic heterocycles. The van der Waals surface area contributed by atoms with Crippen molar-refractivity contribution < 1.29 is 4.79 Å². The van der Waals surface area contributed by atoms with Crippen molar-refractivity contribution in [3.63, 3.8) is 0 Å². The van der Waals surface area contributed by atoms with Crippen LogP contribution in [-0.4, -0.2) is 71.6 Å². The van der Waals surface area contributed by atoms with E-state index in [-0.39, 0.29) is 11.5 Å². The molecule has 0 spiro atoms. The van der Waals surface area contributed by atoms with Gasteiger partial charge in [0, 0.05) is 50.6 Å². The minimum atomic E-state index is -0.0492. The zero-order chi connectivity index (χ0) is 20.1. The maximum atomic E-state index is 12.6. The molecule has 1 fully saturated rings. The van der Waals surface area contributed by atoms with Crippen LogP contribution in [0.4, 0.5) is 0 Å². The Morgan fingerprint density at radius 1 is 1.18 bits per heavy atom. The highest BCUT2D eigenvalue weighted by atomic mass is 32.1. The molecular formula is C20H31N5O2S. The average molecular weight is 406 g/mol. The van der Waals surface area contributed by atoms with Crippen molar-refractivity contribution in [2.24, 2.45) is 0 Å². The standard InChI is InChI=1S/C20H31N5O2S/c1-15-16(2)28-19-18(15)20(27)25(14-22-19)9-6-17(26)21-7-4-5-8-24-12-10-23(3)11-13-24/h14H,4-13H2,1-3H3,(H,21,26). The van der Waals surface area contributed by atoms with Gasteiger partial charge in [0.15, 0.2) is 0 Å². The van der Waals surface area contributed by atoms with Crippen LogP contribution in [0.5, 0.6) is 0 Å². The van der Waals surface area contributed by atoms with E-state index in [2.05, 4.69) is 27.1 Å². The number of piperazine rings is 1. The van der Waals surface area contributed by atoms with Crippen molar-refractivity contribution in [3.8, 4) is 0 Å². The molecule has 3 heterocycles. The maximum Gasteiger partial charge on any atom is 0.262 e. The average Bonchev–Trinajstić information content (AvgIpc) is 2.97. The third kappa shape index (κ3) is 5.18. The minimum absolute atomic E-state index is 0.00943. The molecule has 3 rings (SSSR count). The van der Waals surface area contributed by atoms with E-state index in [1.807, 2.05) is 13.8 Å². The number of carbonyl (C=O) groups is 1. The highest BCUT2D eigenvalue weighted by Gasteiger charge is 2.14. The monoisotopic (exact) mass is 405 g/mol. The molecule has 1 amide bonds. The smallest absolute Gasteiger partial charge is 0.262 e. The summed E-state index contributed by atoms with van der Waals surface area (Å²) in [5.74, 6) is -0.00943. The van der Waals surface area contributed by atoms with Crippen LogP contribution in [0.1, 0.15) is 29.7 Å². The normalized spacial score (nSPS) is 16.0. The Labute approximate surface area is 170 Å². The number of hydrogen-bond acceptors (Lipinski definition) is 6. The van der Waals surface area contributed by atoms with Gasteiger partial charge in [0.25, 0.3) is 5.56 Å². The molecule has 0 atom stereocenters. The Balaban J connectivity index is 1.38. The van der Waals surface area contributed by atoms with Gasteiger partial charge in [0.05, 0.1) is 11.7 Å². The summed E-state index contributed by atoms with van der Waals surface area (Å²) in [6.45, 7) is 10.7. The molecule has 154 valence electrons. The molecule has 8 heteroatoms. The van der Waals surface area contributed by atoms with Gasteiger partial charge < -0.3 is 15.1 Å². The lowest BCUT2D eigenvalue weighted by Crippen LogP contribution is -2.44. The van der Waals surface area contributed by atoms with Crippen LogP contribution in [0.15, 0.2) is 11.1 Å². The highest BCUT2D eigenvalue weighted by molar-refractivity contribution is 7.18. The summed E-state index contributed by atoms with van der Waals surface area (Å²) in [4.78, 5) is 35.9. The Bertz CT molecular complexity index is 867. The van der Waals surface area contributed by atoms with Gasteiger partial charge in [0.2, 0.25) is 5.91 Å². The van der Waals surface area contributed by atoms with E-state index >= 15 is 0 Å². The molecule has 2 aromatic rings. The molecule has 1 aliphatic rings. The molecule has 2 aromatic heterocycles. The lowest BCUT2D eigenvalue weighted by molar-refractivity contribution is -0.121. The Morgan fingerprint density at radius 2 is 1.93 bits per heavy atom. The largest absolute Gasteiger partial charge is 0.356 e. The first-order valence-corrected chi connectivity index (χ1v) is 10.9. The van der Waals surface area contributed by atoms with Crippen molar-refractivity contribution in [2.45, 2.75) is 39.7 Å². The first-order chi connectivity index (χ1) is 13.5. The Morgan fingerprint density at radius 3 is 2.68 bits per heavy atom. The van der Waals surface area contributed by atoms with E-state index in [9.17, 15) is 9.59 Å². The quantitative estimate of drug-likeness (QED) is 0.676. The molecule has 0 bridgehead atoms. The van der Waals surface area contributed by atoms with Crippen LogP contribution in [0, 0.1) is 13.8 Å². The van der Waals surface area contributed by atoms with Crippen molar-refractivity contribution in [1.29, 1.82) is 0 Å². The van der Waals surface area contributed by atoms with E-state index in [1.165, 1.54) is 0 Å². The first-order valence-electron chi connectivity index (χ1n) is 10.1. The number of unbranched alkanes of at least 4 members (excludes halogenated alkanes) is 1. The number of thiophene rings is 1. The molecule has 1 saturated heterocycles. The van der Waals surface area contributed by atoms with Gasteiger partial charge in [-0.1, -0.05) is 0 Å². The van der Waals surface area contributed by atoms with Gasteiger partial charge in [-0.15, -0.1) is 11.3 Å². The number of nitrogens with one attached hydrogen (secondary N) is 1. The summed E-state index contributed by atoms with van der Waals surface area (Å²) in [5.41, 5.74) is 0.948. The summed E-state index contributed by atoms with van der Waals surface area (Å²) in [6, 6.07) is 0. The number of fused-ring (bicyclic) bond motifs is 1. The second kappa shape index (κ2) is 9.62. The van der Waals surface area contributed by atoms with Gasteiger partial charge in [-0.05, 0) is 45.8 Å². The number of nitrogens with zero attached hydrogens (tertiary/aromatic N) is 4. The number of likely N-dealkylation sites (N-methyl/N-ethyl adjacent to an activating group) is 1. The molecule has 0 aliphatic carbocycles. The summed E-state index contributed by atoms with van der Waals surface area (Å²) in [6.07, 6.45) is 3.94. The lowest BCUT2D eigenvalue weighted by Gasteiger charge is -2.32. The molecule has 28 heavy (non-hydrogen) atoms. The van der Waals surface area contributed by atoms with E-state index < -0.39 is 0 Å². The molecule has 1 N–H and O–H groups in total. The SMILES string of the molecule is Cc1sc2ncn(CCC(=O)NCCCCN3CCN(C)CC3)c(=O)c2c1C. The molecule has 0 unspecified atom stereocenters. The summed E-state index contributed by atoms with van der Waals surface area (Å²) in [5, 5.41) is 3.66. The molecule has 0 aromatic carbocycles. The van der Waals surface area contributed by atoms with Crippen molar-refractivity contribution in [1.82, 2.24) is 24.7 Å². The zero-order valence-corrected chi connectivity index (χ0v) is 18.0. The summed E-state index contributed by atoms with van der Waals surface area (Å²) in [7, 11) is 2.16. The first kappa shape index (κ1) is 21.0. The topological polar surface area (TPSA) is 70.5 Å². The molecule has 0 saturated carbocycles. The number of carbonyl (C=O) groups excluding carboxylic acids is 1. The van der Waals surface area contributed by atoms with Crippen LogP contribution in [-0.2, 0) is 11.3 Å². The van der Waals surface area contributed by atoms with Gasteiger partial charge in [-0.3, -0.25) is 14.2 Å². The van der Waals surface area contributed by atoms with Crippen LogP contribution in [0.2, 0.25) is 0 Å². The highest BCUT2D eigenvalue weighted by Crippen LogP contribution is 2.25. The van der Waals surface area contributed by atoms with E-state index in [0.29, 0.717) is 24.9 Å². The molecular weight excluding hydrogens is 374 g/mol. The number of rotatable bonds is 8. The van der Waals surface area contributed by atoms with Gasteiger partial charge in [0.1, 0.15) is 4.83 Å². The van der Waals surface area contributed by atoms with Crippen LogP contribution in [0.3, 0.4) is 0 Å². The Kier molecular flexibility index (Phi) is 7.20. The second-order valence-corrected chi connectivity index (χ2v) is 8.86. The second-order valence-electron chi connectivity index (χ2n) is 7.66. The maximum absolute atomic E-state index is 12.6. The lowest BCUT2D eigenvalue weighted by atomic mass is 10.2. The summed E-state index contributed by atoms with van der Waals surface area (Å²) < 4.78 is 1.55. The number of aryl methyl sites for hydroxylation is 3. The van der Waals surface area contributed by atoms with Crippen molar-refractivity contribution >= 4 is 27.5 Å². The zero-order valence-electron chi connectivity index (χ0n) is 17.2. The fraction of sp³-hybridized carbons (Fsp3) is 0.650. The fourth-order valence-corrected chi connectivity index (χ4v) is 4.49. The third-order valence-electron chi connectivity index (χ3n) is 5.55. The number of hydrogen-bond donors (Lipinski definition) is 1. The predicted octanol–water partition coefficient (Wildman–Crippen LogP) is 1.61. The van der Waals surface area contributed by atoms with Gasteiger partial charge in [-0.2, -0.15) is 0 Å². The number of amides is 1. The third-order valence-corrected chi connectivity index (χ3v) is 6.67. The fourth-order valence-electron chi connectivity index (χ4n) is 3.50. The van der Waals surface area contributed by atoms with E-state index in [0.717, 1.165) is 60.8 Å².